The van der Waals surface area contributed by atoms with E-state index in [-0.39, 0.29) is 6.07 Å². The van der Waals surface area contributed by atoms with Gasteiger partial charge in [0.2, 0.25) is 0 Å². The molecule has 1 aliphatic rings. The lowest BCUT2D eigenvalue weighted by Gasteiger charge is -2.26. The highest BCUT2D eigenvalue weighted by molar-refractivity contribution is 5.58. The summed E-state index contributed by atoms with van der Waals surface area (Å²) in [7, 11) is 2.23. The minimum atomic E-state index is -5.11. The van der Waals surface area contributed by atoms with Crippen molar-refractivity contribution in [1.29, 1.82) is 0 Å². The van der Waals surface area contributed by atoms with Crippen molar-refractivity contribution < 1.29 is 46.4 Å². The van der Waals surface area contributed by atoms with Crippen LogP contribution in [0.15, 0.2) is 6.07 Å². The number of hydrogen-bond acceptors (Lipinski definition) is 6. The minimum absolute atomic E-state index is 0.244. The van der Waals surface area contributed by atoms with Gasteiger partial charge in [-0.1, -0.05) is 0 Å². The van der Waals surface area contributed by atoms with E-state index in [1.54, 1.807) is 0 Å². The van der Waals surface area contributed by atoms with Gasteiger partial charge in [0.1, 0.15) is 35.7 Å². The van der Waals surface area contributed by atoms with Crippen LogP contribution in [0.3, 0.4) is 0 Å². The van der Waals surface area contributed by atoms with Crippen LogP contribution in [0.5, 0.6) is 0 Å². The summed E-state index contributed by atoms with van der Waals surface area (Å²) < 4.78 is 84.9. The second kappa shape index (κ2) is 6.83. The largest absolute Gasteiger partial charge is 0.433 e. The fourth-order valence-corrected chi connectivity index (χ4v) is 2.67. The molecule has 1 fully saturated rings. The maximum Gasteiger partial charge on any atom is 0.433 e. The van der Waals surface area contributed by atoms with Gasteiger partial charge >= 0.3 is 12.4 Å². The van der Waals surface area contributed by atoms with E-state index < -0.39 is 66.0 Å². The van der Waals surface area contributed by atoms with Crippen LogP contribution in [0.1, 0.15) is 23.1 Å². The molecule has 0 aromatic carbocycles. The quantitative estimate of drug-likeness (QED) is 0.676. The lowest BCUT2D eigenvalue weighted by molar-refractivity contribution is -0.146. The topological polar surface area (TPSA) is 86.1 Å². The summed E-state index contributed by atoms with van der Waals surface area (Å²) in [6.45, 7) is -0.852. The van der Waals surface area contributed by atoms with E-state index in [2.05, 4.69) is 4.98 Å². The van der Waals surface area contributed by atoms with Crippen LogP contribution < -0.4 is 4.90 Å². The molecule has 0 amide bonds. The molecule has 0 unspecified atom stereocenters. The summed E-state index contributed by atoms with van der Waals surface area (Å²) in [4.78, 5) is 3.86. The summed E-state index contributed by atoms with van der Waals surface area (Å²) in [6, 6.07) is 0.244. The van der Waals surface area contributed by atoms with Crippen molar-refractivity contribution in [2.75, 3.05) is 25.6 Å². The number of rotatable bonds is 3. The number of alkyl halides is 6. The molecule has 1 aromatic heterocycles. The Labute approximate surface area is 143 Å². The Kier molecular flexibility index (Phi) is 5.43. The molecule has 2 rings (SSSR count). The fourth-order valence-electron chi connectivity index (χ4n) is 2.67. The number of nitrogens with zero attached hydrogens (tertiary/aromatic N) is 2. The molecule has 3 N–H and O–H groups in total. The Balaban J connectivity index is 2.75. The Morgan fingerprint density at radius 2 is 1.65 bits per heavy atom. The molecule has 0 saturated carbocycles. The predicted molar refractivity (Wildman–Crippen MR) is 75.3 cm³/mol. The first kappa shape index (κ1) is 20.7. The third-order valence-electron chi connectivity index (χ3n) is 3.89. The molecule has 4 atom stereocenters. The number of hydrogen-bond donors (Lipinski definition) is 3. The summed E-state index contributed by atoms with van der Waals surface area (Å²) in [6.07, 6.45) is -17.4. The monoisotopic (exact) mass is 390 g/mol. The molecule has 148 valence electrons. The van der Waals surface area contributed by atoms with Gasteiger partial charge in [-0.15, -0.1) is 0 Å². The van der Waals surface area contributed by atoms with Crippen LogP contribution in [0.2, 0.25) is 0 Å². The van der Waals surface area contributed by atoms with Crippen LogP contribution in [0, 0.1) is 0 Å². The first-order valence-corrected chi connectivity index (χ1v) is 7.28. The average molecular weight is 390 g/mol. The zero-order valence-electron chi connectivity index (χ0n) is 13.5. The Hall–Kier alpha value is -1.63. The van der Waals surface area contributed by atoms with Crippen molar-refractivity contribution in [3.05, 3.63) is 23.0 Å². The molecule has 1 aromatic rings. The fraction of sp³-hybridized carbons (Fsp3) is 0.643. The Morgan fingerprint density at radius 1 is 1.08 bits per heavy atom. The van der Waals surface area contributed by atoms with Crippen molar-refractivity contribution in [2.24, 2.45) is 0 Å². The highest BCUT2D eigenvalue weighted by Gasteiger charge is 2.50. The molecule has 6 nitrogen and oxygen atoms in total. The average Bonchev–Trinajstić information content (AvgIpc) is 2.79. The van der Waals surface area contributed by atoms with Crippen LogP contribution in [-0.4, -0.2) is 59.3 Å². The maximum atomic E-state index is 13.6. The van der Waals surface area contributed by atoms with Crippen LogP contribution in [-0.2, 0) is 17.1 Å². The van der Waals surface area contributed by atoms with Crippen molar-refractivity contribution in [3.63, 3.8) is 0 Å². The van der Waals surface area contributed by atoms with Gasteiger partial charge in [0.15, 0.2) is 0 Å². The zero-order valence-corrected chi connectivity index (χ0v) is 13.5. The molecule has 0 bridgehead atoms. The number of aliphatic hydroxyl groups is 3. The van der Waals surface area contributed by atoms with Crippen molar-refractivity contribution >= 4 is 5.69 Å². The second-order valence-electron chi connectivity index (χ2n) is 5.94. The van der Waals surface area contributed by atoms with Gasteiger partial charge < -0.3 is 25.0 Å². The molecule has 1 aliphatic heterocycles. The Morgan fingerprint density at radius 3 is 2.04 bits per heavy atom. The van der Waals surface area contributed by atoms with E-state index in [0.717, 1.165) is 19.0 Å². The van der Waals surface area contributed by atoms with E-state index in [1.807, 2.05) is 0 Å². The summed E-state index contributed by atoms with van der Waals surface area (Å²) >= 11 is 0. The summed E-state index contributed by atoms with van der Waals surface area (Å²) in [5.74, 6) is 0. The maximum absolute atomic E-state index is 13.6. The molecular weight excluding hydrogens is 374 g/mol. The highest BCUT2D eigenvalue weighted by Crippen LogP contribution is 2.46. The highest BCUT2D eigenvalue weighted by atomic mass is 19.4. The van der Waals surface area contributed by atoms with Crippen molar-refractivity contribution in [1.82, 2.24) is 4.98 Å². The standard InChI is InChI=1S/C14H16F6N2O4/c1-22(2)5-3-7(13(15,16)17)21-9(8(5)14(18,19)20)12-11(25)10(24)6(4-23)26-12/h3,6,10-12,23-25H,4H2,1-2H3/t6-,10-,11-,12+/m1/s1. The molecule has 1 saturated heterocycles. The van der Waals surface area contributed by atoms with Gasteiger partial charge in [0, 0.05) is 14.1 Å². The first-order chi connectivity index (χ1) is 11.8. The minimum Gasteiger partial charge on any atom is -0.394 e. The molecule has 0 radical (unpaired) electrons. The second-order valence-corrected chi connectivity index (χ2v) is 5.94. The lowest BCUT2D eigenvalue weighted by Crippen LogP contribution is -2.33. The van der Waals surface area contributed by atoms with Gasteiger partial charge in [-0.05, 0) is 6.07 Å². The molecular formula is C14H16F6N2O4. The number of aromatic nitrogens is 1. The van der Waals surface area contributed by atoms with Crippen molar-refractivity contribution in [3.8, 4) is 0 Å². The third kappa shape index (κ3) is 3.72. The zero-order chi connectivity index (χ0) is 20.0. The molecule has 0 aliphatic carbocycles. The summed E-state index contributed by atoms with van der Waals surface area (Å²) in [5, 5.41) is 28.7. The molecule has 12 heteroatoms. The van der Waals surface area contributed by atoms with Crippen LogP contribution >= 0.6 is 0 Å². The van der Waals surface area contributed by atoms with Crippen LogP contribution in [0.25, 0.3) is 0 Å². The Bertz CT molecular complexity index is 664. The number of ether oxygens (including phenoxy) is 1. The van der Waals surface area contributed by atoms with E-state index in [4.69, 9.17) is 9.84 Å². The van der Waals surface area contributed by atoms with Gasteiger partial charge in [-0.2, -0.15) is 26.3 Å². The van der Waals surface area contributed by atoms with E-state index in [9.17, 15) is 36.6 Å². The third-order valence-corrected chi connectivity index (χ3v) is 3.89. The van der Waals surface area contributed by atoms with E-state index in [1.165, 1.54) is 0 Å². The smallest absolute Gasteiger partial charge is 0.394 e. The lowest BCUT2D eigenvalue weighted by atomic mass is 9.99. The normalized spacial score (nSPS) is 27.0. The van der Waals surface area contributed by atoms with E-state index >= 15 is 0 Å². The molecule has 26 heavy (non-hydrogen) atoms. The molecule has 0 spiro atoms. The predicted octanol–water partition coefficient (Wildman–Crippen LogP) is 1.34. The van der Waals surface area contributed by atoms with Gasteiger partial charge in [0.05, 0.1) is 18.0 Å². The van der Waals surface area contributed by atoms with Gasteiger partial charge in [-0.3, -0.25) is 0 Å². The molecule has 2 heterocycles. The summed E-state index contributed by atoms with van der Waals surface area (Å²) in [5.41, 5.74) is -5.17. The number of anilines is 1. The van der Waals surface area contributed by atoms with Gasteiger partial charge in [-0.25, -0.2) is 4.98 Å². The SMILES string of the molecule is CN(C)c1cc(C(F)(F)F)nc([C@@H]2O[C@H](CO)[C@@H](O)[C@H]2O)c1C(F)(F)F. The number of pyridine rings is 1. The number of halogens is 6. The number of aliphatic hydroxyl groups excluding tert-OH is 3. The van der Waals surface area contributed by atoms with Gasteiger partial charge in [0.25, 0.3) is 0 Å². The van der Waals surface area contributed by atoms with Crippen molar-refractivity contribution in [2.45, 2.75) is 36.8 Å². The van der Waals surface area contributed by atoms with Crippen LogP contribution in [0.4, 0.5) is 32.0 Å². The first-order valence-electron chi connectivity index (χ1n) is 7.28. The van der Waals surface area contributed by atoms with E-state index in [0.29, 0.717) is 0 Å².